The zero-order valence-corrected chi connectivity index (χ0v) is 10.7. The van der Waals surface area contributed by atoms with Gasteiger partial charge >= 0.3 is 0 Å². The highest BCUT2D eigenvalue weighted by Crippen LogP contribution is 2.09. The predicted molar refractivity (Wildman–Crippen MR) is 76.5 cm³/mol. The largest absolute Gasteiger partial charge is 0.0892 e. The Balaban J connectivity index is 2.28. The van der Waals surface area contributed by atoms with Crippen molar-refractivity contribution in [3.05, 3.63) is 81.2 Å². The van der Waals surface area contributed by atoms with Crippen LogP contribution in [0, 0.1) is 18.8 Å². The fourth-order valence-electron chi connectivity index (χ4n) is 1.66. The van der Waals surface area contributed by atoms with Crippen molar-refractivity contribution < 1.29 is 0 Å². The smallest absolute Gasteiger partial charge is 0.0523 e. The number of nitrogens with zero attached hydrogens (tertiary/aromatic N) is 3. The second kappa shape index (κ2) is 6.30. The number of hydrogen-bond acceptors (Lipinski definition) is 1. The standard InChI is InChI=1S/C16H13N3/c1-13-6-8-14(9-7-13)10-11-15-4-2-3-5-16(15)12-18-19-17/h2-9H,12H2,1H3. The van der Waals surface area contributed by atoms with E-state index in [0.717, 1.165) is 16.7 Å². The predicted octanol–water partition coefficient (Wildman–Crippen LogP) is 4.21. The summed E-state index contributed by atoms with van der Waals surface area (Å²) >= 11 is 0. The van der Waals surface area contributed by atoms with E-state index in [1.807, 2.05) is 55.5 Å². The second-order valence-corrected chi connectivity index (χ2v) is 4.16. The van der Waals surface area contributed by atoms with Crippen LogP contribution in [0.1, 0.15) is 22.3 Å². The highest BCUT2D eigenvalue weighted by molar-refractivity contribution is 5.46. The molecule has 3 heteroatoms. The monoisotopic (exact) mass is 247 g/mol. The van der Waals surface area contributed by atoms with Gasteiger partial charge in [0.1, 0.15) is 0 Å². The van der Waals surface area contributed by atoms with E-state index in [2.05, 4.69) is 21.9 Å². The van der Waals surface area contributed by atoms with Crippen LogP contribution in [0.3, 0.4) is 0 Å². The normalized spacial score (nSPS) is 9.11. The molecule has 0 heterocycles. The highest BCUT2D eigenvalue weighted by Gasteiger charge is 1.96. The Bertz CT molecular complexity index is 669. The van der Waals surface area contributed by atoms with Crippen molar-refractivity contribution >= 4 is 0 Å². The summed E-state index contributed by atoms with van der Waals surface area (Å²) in [6, 6.07) is 15.8. The van der Waals surface area contributed by atoms with E-state index < -0.39 is 0 Å². The number of rotatable bonds is 2. The van der Waals surface area contributed by atoms with Crippen molar-refractivity contribution in [2.75, 3.05) is 0 Å². The van der Waals surface area contributed by atoms with Gasteiger partial charge in [0.05, 0.1) is 6.54 Å². The molecule has 0 N–H and O–H groups in total. The van der Waals surface area contributed by atoms with Crippen molar-refractivity contribution in [3.8, 4) is 11.8 Å². The van der Waals surface area contributed by atoms with Gasteiger partial charge in [0.15, 0.2) is 0 Å². The SMILES string of the molecule is Cc1ccc(C#Cc2ccccc2CN=[N+]=[N-])cc1. The molecule has 0 saturated carbocycles. The van der Waals surface area contributed by atoms with E-state index in [4.69, 9.17) is 5.53 Å². The lowest BCUT2D eigenvalue weighted by molar-refractivity contribution is 1.04. The summed E-state index contributed by atoms with van der Waals surface area (Å²) in [6.45, 7) is 2.38. The maximum atomic E-state index is 8.37. The Morgan fingerprint density at radius 2 is 1.79 bits per heavy atom. The molecule has 0 radical (unpaired) electrons. The molecule has 0 aliphatic carbocycles. The minimum Gasteiger partial charge on any atom is -0.0892 e. The fourth-order valence-corrected chi connectivity index (χ4v) is 1.66. The lowest BCUT2D eigenvalue weighted by Gasteiger charge is -1.99. The Labute approximate surface area is 112 Å². The van der Waals surface area contributed by atoms with Gasteiger partial charge in [0, 0.05) is 16.0 Å². The molecule has 0 bridgehead atoms. The second-order valence-electron chi connectivity index (χ2n) is 4.16. The van der Waals surface area contributed by atoms with Crippen molar-refractivity contribution in [2.24, 2.45) is 5.11 Å². The van der Waals surface area contributed by atoms with Gasteiger partial charge in [0.25, 0.3) is 0 Å². The molecule has 2 aromatic rings. The topological polar surface area (TPSA) is 48.8 Å². The first-order valence-corrected chi connectivity index (χ1v) is 5.97. The molecule has 0 aromatic heterocycles. The van der Waals surface area contributed by atoms with E-state index in [1.165, 1.54) is 5.56 Å². The summed E-state index contributed by atoms with van der Waals surface area (Å²) in [5.41, 5.74) is 12.4. The van der Waals surface area contributed by atoms with Crippen molar-refractivity contribution in [2.45, 2.75) is 13.5 Å². The molecule has 0 atom stereocenters. The Kier molecular flexibility index (Phi) is 4.23. The van der Waals surface area contributed by atoms with Gasteiger partial charge in [-0.05, 0) is 36.2 Å². The third-order valence-electron chi connectivity index (χ3n) is 2.71. The number of benzene rings is 2. The summed E-state index contributed by atoms with van der Waals surface area (Å²) in [4.78, 5) is 2.78. The van der Waals surface area contributed by atoms with Gasteiger partial charge in [-0.15, -0.1) is 0 Å². The molecule has 92 valence electrons. The molecule has 3 nitrogen and oxygen atoms in total. The van der Waals surface area contributed by atoms with E-state index in [9.17, 15) is 0 Å². The molecular formula is C16H13N3. The quantitative estimate of drug-likeness (QED) is 0.330. The van der Waals surface area contributed by atoms with E-state index >= 15 is 0 Å². The molecule has 19 heavy (non-hydrogen) atoms. The molecule has 0 saturated heterocycles. The summed E-state index contributed by atoms with van der Waals surface area (Å²) in [5, 5.41) is 3.58. The van der Waals surface area contributed by atoms with Gasteiger partial charge in [-0.1, -0.05) is 52.9 Å². The van der Waals surface area contributed by atoms with Gasteiger partial charge in [-0.25, -0.2) is 0 Å². The Morgan fingerprint density at radius 1 is 1.05 bits per heavy atom. The molecule has 2 aromatic carbocycles. The average Bonchev–Trinajstić information content (AvgIpc) is 2.45. The van der Waals surface area contributed by atoms with Crippen LogP contribution in [0.15, 0.2) is 53.6 Å². The zero-order chi connectivity index (χ0) is 13.5. The van der Waals surface area contributed by atoms with E-state index in [0.29, 0.717) is 6.54 Å². The van der Waals surface area contributed by atoms with Crippen LogP contribution in [-0.4, -0.2) is 0 Å². The van der Waals surface area contributed by atoms with Crippen LogP contribution >= 0.6 is 0 Å². The molecular weight excluding hydrogens is 234 g/mol. The molecule has 0 unspecified atom stereocenters. The maximum Gasteiger partial charge on any atom is 0.0523 e. The van der Waals surface area contributed by atoms with Crippen molar-refractivity contribution in [3.63, 3.8) is 0 Å². The number of azide groups is 1. The lowest BCUT2D eigenvalue weighted by atomic mass is 10.1. The van der Waals surface area contributed by atoms with Crippen molar-refractivity contribution in [1.29, 1.82) is 0 Å². The highest BCUT2D eigenvalue weighted by atomic mass is 15.1. The summed E-state index contributed by atoms with van der Waals surface area (Å²) in [6.07, 6.45) is 0. The van der Waals surface area contributed by atoms with Crippen LogP contribution in [-0.2, 0) is 6.54 Å². The maximum absolute atomic E-state index is 8.37. The van der Waals surface area contributed by atoms with Gasteiger partial charge in [-0.2, -0.15) is 0 Å². The summed E-state index contributed by atoms with van der Waals surface area (Å²) in [5.74, 6) is 6.24. The van der Waals surface area contributed by atoms with Crippen molar-refractivity contribution in [1.82, 2.24) is 0 Å². The Hall–Kier alpha value is -2.69. The van der Waals surface area contributed by atoms with Gasteiger partial charge in [-0.3, -0.25) is 0 Å². The lowest BCUT2D eigenvalue weighted by Crippen LogP contribution is -1.86. The number of aryl methyl sites for hydroxylation is 1. The zero-order valence-electron chi connectivity index (χ0n) is 10.7. The van der Waals surface area contributed by atoms with Gasteiger partial charge < -0.3 is 0 Å². The third-order valence-corrected chi connectivity index (χ3v) is 2.71. The minimum absolute atomic E-state index is 0.329. The summed E-state index contributed by atoms with van der Waals surface area (Å²) < 4.78 is 0. The van der Waals surface area contributed by atoms with Crippen LogP contribution in [0.25, 0.3) is 10.4 Å². The summed E-state index contributed by atoms with van der Waals surface area (Å²) in [7, 11) is 0. The van der Waals surface area contributed by atoms with Gasteiger partial charge in [0.2, 0.25) is 0 Å². The molecule has 0 spiro atoms. The first-order valence-electron chi connectivity index (χ1n) is 5.97. The van der Waals surface area contributed by atoms with Crippen LogP contribution < -0.4 is 0 Å². The molecule has 2 rings (SSSR count). The fraction of sp³-hybridized carbons (Fsp3) is 0.125. The first kappa shape index (κ1) is 12.8. The van der Waals surface area contributed by atoms with E-state index in [1.54, 1.807) is 0 Å². The third kappa shape index (κ3) is 3.64. The van der Waals surface area contributed by atoms with Crippen LogP contribution in [0.4, 0.5) is 0 Å². The Morgan fingerprint density at radius 3 is 2.53 bits per heavy atom. The molecule has 0 fully saturated rings. The minimum atomic E-state index is 0.329. The molecule has 0 aliphatic heterocycles. The van der Waals surface area contributed by atoms with Crippen LogP contribution in [0.2, 0.25) is 0 Å². The first-order chi connectivity index (χ1) is 9.29. The van der Waals surface area contributed by atoms with E-state index in [-0.39, 0.29) is 0 Å². The molecule has 0 aliphatic rings. The molecule has 0 amide bonds. The number of hydrogen-bond donors (Lipinski definition) is 0. The van der Waals surface area contributed by atoms with Crippen LogP contribution in [0.5, 0.6) is 0 Å². The average molecular weight is 247 g/mol.